The summed E-state index contributed by atoms with van der Waals surface area (Å²) in [5, 5.41) is 12.2. The molecule has 7 heteroatoms. The fourth-order valence-electron chi connectivity index (χ4n) is 7.99. The van der Waals surface area contributed by atoms with E-state index in [0.717, 1.165) is 36.4 Å². The van der Waals surface area contributed by atoms with Crippen molar-refractivity contribution < 1.29 is 14.7 Å². The minimum atomic E-state index is -0.472. The van der Waals surface area contributed by atoms with E-state index in [1.54, 1.807) is 18.3 Å². The third-order valence-corrected chi connectivity index (χ3v) is 10.4. The molecule has 3 fully saturated rings. The molecule has 0 aromatic carbocycles. The summed E-state index contributed by atoms with van der Waals surface area (Å²) < 4.78 is 0. The molecule has 2 heterocycles. The number of carbonyl (C=O) groups is 2. The molecule has 7 atom stereocenters. The first-order valence-corrected chi connectivity index (χ1v) is 13.4. The molecule has 0 bridgehead atoms. The smallest absolute Gasteiger partial charge is 0.178 e. The van der Waals surface area contributed by atoms with Gasteiger partial charge in [-0.15, -0.1) is 0 Å². The summed E-state index contributed by atoms with van der Waals surface area (Å²) in [5.74, 6) is 1.59. The zero-order valence-corrected chi connectivity index (χ0v) is 20.5. The maximum absolute atomic E-state index is 13.5. The number of nitrogens with zero attached hydrogens (tertiary/aromatic N) is 2. The molecule has 4 aliphatic carbocycles. The van der Waals surface area contributed by atoms with E-state index < -0.39 is 6.10 Å². The third kappa shape index (κ3) is 3.27. The lowest BCUT2D eigenvalue weighted by Crippen LogP contribution is -2.56. The fraction of sp³-hybridized carbons (Fsp3) is 0.556. The molecular formula is C27H31N3O3S. The van der Waals surface area contributed by atoms with Gasteiger partial charge in [-0.3, -0.25) is 9.59 Å². The van der Waals surface area contributed by atoms with E-state index in [9.17, 15) is 14.7 Å². The van der Waals surface area contributed by atoms with Crippen molar-refractivity contribution in [2.24, 2.45) is 34.5 Å². The summed E-state index contributed by atoms with van der Waals surface area (Å²) in [6, 6.07) is 3.80. The second-order valence-corrected chi connectivity index (χ2v) is 12.1. The van der Waals surface area contributed by atoms with Crippen molar-refractivity contribution in [1.82, 2.24) is 15.0 Å². The van der Waals surface area contributed by atoms with Gasteiger partial charge < -0.3 is 10.1 Å². The van der Waals surface area contributed by atoms with Crippen molar-refractivity contribution in [3.8, 4) is 0 Å². The van der Waals surface area contributed by atoms with Gasteiger partial charge in [0.1, 0.15) is 5.78 Å². The van der Waals surface area contributed by atoms with Crippen LogP contribution in [0.3, 0.4) is 0 Å². The Morgan fingerprint density at radius 3 is 2.97 bits per heavy atom. The van der Waals surface area contributed by atoms with Gasteiger partial charge in [0, 0.05) is 23.4 Å². The lowest BCUT2D eigenvalue weighted by molar-refractivity contribution is -0.137. The van der Waals surface area contributed by atoms with Crippen LogP contribution in [-0.2, 0) is 9.59 Å². The molecule has 6 rings (SSSR count). The molecule has 6 nitrogen and oxygen atoms in total. The van der Waals surface area contributed by atoms with Crippen LogP contribution in [0.2, 0.25) is 0 Å². The predicted octanol–water partition coefficient (Wildman–Crippen LogP) is 4.51. The van der Waals surface area contributed by atoms with Crippen LogP contribution in [0.5, 0.6) is 0 Å². The maximum atomic E-state index is 13.5. The minimum Gasteiger partial charge on any atom is -0.393 e. The molecular weight excluding hydrogens is 446 g/mol. The Morgan fingerprint density at radius 1 is 1.29 bits per heavy atom. The molecule has 0 radical (unpaired) electrons. The number of aromatic nitrogens is 3. The van der Waals surface area contributed by atoms with E-state index in [0.29, 0.717) is 29.7 Å². The number of fused-ring (bicyclic) bond motifs is 6. The number of aromatic amines is 1. The number of aliphatic hydroxyl groups excluding tert-OH is 1. The number of hydrogen-bond donors (Lipinski definition) is 2. The van der Waals surface area contributed by atoms with E-state index in [2.05, 4.69) is 28.8 Å². The Labute approximate surface area is 203 Å². The number of H-pyrrole nitrogens is 1. The number of aliphatic hydroxyl groups is 1. The molecule has 6 unspecified atom stereocenters. The minimum absolute atomic E-state index is 0.0312. The van der Waals surface area contributed by atoms with Crippen molar-refractivity contribution >= 4 is 34.5 Å². The topological polar surface area (TPSA) is 95.9 Å². The fourth-order valence-corrected chi connectivity index (χ4v) is 8.80. The van der Waals surface area contributed by atoms with Crippen LogP contribution in [0.15, 0.2) is 47.3 Å². The Morgan fingerprint density at radius 2 is 2.15 bits per heavy atom. The number of thioether (sulfide) groups is 1. The summed E-state index contributed by atoms with van der Waals surface area (Å²) in [4.78, 5) is 37.5. The van der Waals surface area contributed by atoms with Crippen molar-refractivity contribution in [3.63, 3.8) is 0 Å². The van der Waals surface area contributed by atoms with Crippen molar-refractivity contribution in [3.05, 3.63) is 42.1 Å². The molecule has 2 N–H and O–H groups in total. The van der Waals surface area contributed by atoms with Gasteiger partial charge in [0.15, 0.2) is 16.6 Å². The Bertz CT molecular complexity index is 1200. The molecule has 34 heavy (non-hydrogen) atoms. The number of ketones is 2. The highest BCUT2D eigenvalue weighted by atomic mass is 32.2. The summed E-state index contributed by atoms with van der Waals surface area (Å²) in [6.07, 6.45) is 11.2. The van der Waals surface area contributed by atoms with Crippen LogP contribution < -0.4 is 0 Å². The van der Waals surface area contributed by atoms with Crippen molar-refractivity contribution in [1.29, 1.82) is 0 Å². The molecule has 3 saturated carbocycles. The highest BCUT2D eigenvalue weighted by molar-refractivity contribution is 7.99. The summed E-state index contributed by atoms with van der Waals surface area (Å²) in [7, 11) is 0. The SMILES string of the molecule is CC12C=CC(=O)C=C1CCC1C2[C@@H](O)CC2(C)C(C(=O)CSc3nc4ncccc4[nH]3)CCC12. The number of hydrogen-bond acceptors (Lipinski definition) is 6. The molecule has 2 aromatic heterocycles. The largest absolute Gasteiger partial charge is 0.393 e. The summed E-state index contributed by atoms with van der Waals surface area (Å²) >= 11 is 1.45. The predicted molar refractivity (Wildman–Crippen MR) is 131 cm³/mol. The highest BCUT2D eigenvalue weighted by Gasteiger charge is 2.62. The molecule has 0 saturated heterocycles. The van der Waals surface area contributed by atoms with E-state index >= 15 is 0 Å². The lowest BCUT2D eigenvalue weighted by Gasteiger charge is -2.58. The summed E-state index contributed by atoms with van der Waals surface area (Å²) in [6.45, 7) is 4.44. The van der Waals surface area contributed by atoms with Crippen LogP contribution >= 0.6 is 11.8 Å². The van der Waals surface area contributed by atoms with E-state index in [1.807, 2.05) is 18.2 Å². The van der Waals surface area contributed by atoms with Crippen LogP contribution in [0.1, 0.15) is 46.0 Å². The number of allylic oxidation sites excluding steroid dienone is 4. The van der Waals surface area contributed by atoms with Gasteiger partial charge in [0.25, 0.3) is 0 Å². The van der Waals surface area contributed by atoms with Gasteiger partial charge in [-0.05, 0) is 73.6 Å². The number of pyridine rings is 1. The molecule has 0 amide bonds. The maximum Gasteiger partial charge on any atom is 0.178 e. The van der Waals surface area contributed by atoms with Gasteiger partial charge in [0.05, 0.1) is 17.4 Å². The second-order valence-electron chi connectivity index (χ2n) is 11.1. The van der Waals surface area contributed by atoms with Crippen LogP contribution in [0, 0.1) is 34.5 Å². The third-order valence-electron chi connectivity index (χ3n) is 9.47. The molecule has 2 aromatic rings. The zero-order valence-electron chi connectivity index (χ0n) is 19.7. The van der Waals surface area contributed by atoms with E-state index in [-0.39, 0.29) is 34.2 Å². The highest BCUT2D eigenvalue weighted by Crippen LogP contribution is 2.66. The average Bonchev–Trinajstić information content (AvgIpc) is 3.37. The monoisotopic (exact) mass is 477 g/mol. The quantitative estimate of drug-likeness (QED) is 0.629. The van der Waals surface area contributed by atoms with Gasteiger partial charge in [0.2, 0.25) is 0 Å². The first-order valence-electron chi connectivity index (χ1n) is 12.4. The van der Waals surface area contributed by atoms with E-state index in [1.165, 1.54) is 17.3 Å². The van der Waals surface area contributed by atoms with E-state index in [4.69, 9.17) is 0 Å². The number of imidazole rings is 1. The standard InChI is InChI=1S/C27H31N3O3S/c1-26-10-9-16(31)12-15(26)5-6-17-18-7-8-19(27(18,2)13-21(32)23(17)26)22(33)14-34-25-29-20-4-3-11-28-24(20)30-25/h3-4,9-12,17-19,21,23,32H,5-8,13-14H2,1-2H3,(H,28,29,30)/t17?,18?,19?,21-,23?,26?,27?/m0/s1. The number of carbonyl (C=O) groups excluding carboxylic acids is 2. The Balaban J connectivity index is 1.21. The van der Waals surface area contributed by atoms with Crippen LogP contribution in [-0.4, -0.2) is 43.5 Å². The van der Waals surface area contributed by atoms with Gasteiger partial charge in [-0.2, -0.15) is 0 Å². The first-order chi connectivity index (χ1) is 16.3. The molecule has 0 spiro atoms. The van der Waals surface area contributed by atoms with Crippen molar-refractivity contribution in [2.45, 2.75) is 57.2 Å². The van der Waals surface area contributed by atoms with Crippen molar-refractivity contribution in [2.75, 3.05) is 5.75 Å². The second kappa shape index (κ2) is 7.89. The van der Waals surface area contributed by atoms with Crippen LogP contribution in [0.4, 0.5) is 0 Å². The number of rotatable bonds is 4. The Hall–Kier alpha value is -2.25. The number of nitrogens with one attached hydrogen (secondary N) is 1. The normalized spacial score (nSPS) is 38.9. The lowest BCUT2D eigenvalue weighted by atomic mass is 9.46. The molecule has 178 valence electrons. The van der Waals surface area contributed by atoms with Crippen LogP contribution in [0.25, 0.3) is 11.2 Å². The molecule has 0 aliphatic heterocycles. The van der Waals surface area contributed by atoms with Gasteiger partial charge in [-0.1, -0.05) is 37.3 Å². The van der Waals surface area contributed by atoms with Gasteiger partial charge in [-0.25, -0.2) is 9.97 Å². The zero-order chi connectivity index (χ0) is 23.7. The Kier molecular flexibility index (Phi) is 5.16. The number of Topliss-reactive ketones (excluding diaryl/α,β-unsaturated/α-hetero) is 1. The molecule has 4 aliphatic rings. The average molecular weight is 478 g/mol. The summed E-state index contributed by atoms with van der Waals surface area (Å²) in [5.41, 5.74) is 2.28. The van der Waals surface area contributed by atoms with Gasteiger partial charge >= 0.3 is 0 Å². The first kappa shape index (κ1) is 22.2.